The van der Waals surface area contributed by atoms with Gasteiger partial charge in [0.05, 0.1) is 12.0 Å². The van der Waals surface area contributed by atoms with Crippen LogP contribution in [-0.4, -0.2) is 5.91 Å². The molecule has 0 fully saturated rings. The quantitative estimate of drug-likeness (QED) is 0.407. The van der Waals surface area contributed by atoms with E-state index in [1.165, 1.54) is 11.1 Å². The van der Waals surface area contributed by atoms with Crippen molar-refractivity contribution >= 4 is 5.91 Å². The fourth-order valence-electron chi connectivity index (χ4n) is 3.76. The molecule has 1 atom stereocenters. The summed E-state index contributed by atoms with van der Waals surface area (Å²) < 4.78 is 0. The lowest BCUT2D eigenvalue weighted by molar-refractivity contribution is -0.122. The SMILES string of the molecule is C[C@@H](NC(=O)C(c1ccccc1)c1ccccc1)c1ccc(-c2ccccc2)cc1. The topological polar surface area (TPSA) is 29.1 Å². The van der Waals surface area contributed by atoms with Gasteiger partial charge in [0, 0.05) is 0 Å². The maximum atomic E-state index is 13.3. The molecular weight excluding hydrogens is 366 g/mol. The van der Waals surface area contributed by atoms with Crippen LogP contribution in [0.15, 0.2) is 115 Å². The molecule has 0 saturated heterocycles. The minimum absolute atomic E-state index is 0.00651. The number of nitrogens with one attached hydrogen (secondary N) is 1. The number of hydrogen-bond donors (Lipinski definition) is 1. The van der Waals surface area contributed by atoms with Gasteiger partial charge in [0.1, 0.15) is 0 Å². The molecule has 0 unspecified atom stereocenters. The van der Waals surface area contributed by atoms with Gasteiger partial charge in [-0.15, -0.1) is 0 Å². The van der Waals surface area contributed by atoms with Crippen molar-refractivity contribution < 1.29 is 4.79 Å². The van der Waals surface area contributed by atoms with Crippen LogP contribution in [0.5, 0.6) is 0 Å². The van der Waals surface area contributed by atoms with E-state index >= 15 is 0 Å². The van der Waals surface area contributed by atoms with Crippen LogP contribution in [0.3, 0.4) is 0 Å². The molecule has 2 nitrogen and oxygen atoms in total. The normalized spacial score (nSPS) is 11.8. The number of benzene rings is 4. The Balaban J connectivity index is 1.54. The summed E-state index contributed by atoms with van der Waals surface area (Å²) in [6, 6.07) is 38.5. The number of carbonyl (C=O) groups excluding carboxylic acids is 1. The number of carbonyl (C=O) groups is 1. The predicted molar refractivity (Wildman–Crippen MR) is 123 cm³/mol. The van der Waals surface area contributed by atoms with Crippen molar-refractivity contribution in [2.75, 3.05) is 0 Å². The molecule has 0 aromatic heterocycles. The van der Waals surface area contributed by atoms with Crippen LogP contribution in [0, 0.1) is 0 Å². The summed E-state index contributed by atoms with van der Waals surface area (Å²) in [7, 11) is 0. The number of hydrogen-bond acceptors (Lipinski definition) is 1. The summed E-state index contributed by atoms with van der Waals surface area (Å²) in [6.45, 7) is 2.03. The van der Waals surface area contributed by atoms with Gasteiger partial charge < -0.3 is 5.32 Å². The Morgan fingerprint density at radius 3 is 1.50 bits per heavy atom. The van der Waals surface area contributed by atoms with Gasteiger partial charge in [-0.25, -0.2) is 0 Å². The maximum Gasteiger partial charge on any atom is 0.232 e. The third kappa shape index (κ3) is 4.49. The largest absolute Gasteiger partial charge is 0.349 e. The smallest absolute Gasteiger partial charge is 0.232 e. The molecule has 30 heavy (non-hydrogen) atoms. The van der Waals surface area contributed by atoms with Gasteiger partial charge in [-0.2, -0.15) is 0 Å². The zero-order chi connectivity index (χ0) is 20.8. The first-order valence-electron chi connectivity index (χ1n) is 10.3. The summed E-state index contributed by atoms with van der Waals surface area (Å²) in [6.07, 6.45) is 0. The van der Waals surface area contributed by atoms with E-state index in [1.807, 2.05) is 85.8 Å². The van der Waals surface area contributed by atoms with E-state index in [-0.39, 0.29) is 17.9 Å². The summed E-state index contributed by atoms with van der Waals surface area (Å²) in [5.74, 6) is -0.328. The average molecular weight is 392 g/mol. The van der Waals surface area contributed by atoms with Crippen molar-refractivity contribution in [1.82, 2.24) is 5.32 Å². The molecule has 0 spiro atoms. The zero-order valence-corrected chi connectivity index (χ0v) is 17.0. The van der Waals surface area contributed by atoms with Crippen molar-refractivity contribution in [3.05, 3.63) is 132 Å². The molecule has 1 amide bonds. The Hall–Kier alpha value is -3.65. The van der Waals surface area contributed by atoms with Crippen LogP contribution in [0.1, 0.15) is 35.6 Å². The van der Waals surface area contributed by atoms with E-state index in [1.54, 1.807) is 0 Å². The van der Waals surface area contributed by atoms with Crippen LogP contribution >= 0.6 is 0 Å². The number of rotatable bonds is 6. The first-order valence-corrected chi connectivity index (χ1v) is 10.3. The van der Waals surface area contributed by atoms with Gasteiger partial charge in [-0.3, -0.25) is 4.79 Å². The third-order valence-electron chi connectivity index (χ3n) is 5.40. The molecule has 148 valence electrons. The molecule has 0 aliphatic carbocycles. The highest BCUT2D eigenvalue weighted by molar-refractivity contribution is 5.87. The zero-order valence-electron chi connectivity index (χ0n) is 17.0. The molecule has 0 aliphatic rings. The van der Waals surface area contributed by atoms with Crippen LogP contribution in [0.4, 0.5) is 0 Å². The van der Waals surface area contributed by atoms with Crippen molar-refractivity contribution in [1.29, 1.82) is 0 Å². The standard InChI is InChI=1S/C28H25NO/c1-21(22-17-19-24(20-18-22)23-11-5-2-6-12-23)29-28(30)27(25-13-7-3-8-14-25)26-15-9-4-10-16-26/h2-21,27H,1H3,(H,29,30)/t21-/m1/s1. The molecule has 0 heterocycles. The van der Waals surface area contributed by atoms with E-state index in [9.17, 15) is 4.79 Å². The highest BCUT2D eigenvalue weighted by atomic mass is 16.1. The van der Waals surface area contributed by atoms with Crippen LogP contribution in [0.2, 0.25) is 0 Å². The molecule has 2 heteroatoms. The lowest BCUT2D eigenvalue weighted by Crippen LogP contribution is -2.32. The van der Waals surface area contributed by atoms with Crippen molar-refractivity contribution in [2.45, 2.75) is 18.9 Å². The van der Waals surface area contributed by atoms with Gasteiger partial charge in [-0.05, 0) is 34.7 Å². The minimum atomic E-state index is -0.335. The highest BCUT2D eigenvalue weighted by Crippen LogP contribution is 2.27. The van der Waals surface area contributed by atoms with Crippen molar-refractivity contribution in [3.63, 3.8) is 0 Å². The molecule has 1 N–H and O–H groups in total. The average Bonchev–Trinajstić information content (AvgIpc) is 2.81. The maximum absolute atomic E-state index is 13.3. The van der Waals surface area contributed by atoms with Gasteiger partial charge in [0.2, 0.25) is 5.91 Å². The van der Waals surface area contributed by atoms with Crippen molar-refractivity contribution in [2.24, 2.45) is 0 Å². The summed E-state index contributed by atoms with van der Waals surface area (Å²) >= 11 is 0. The molecule has 0 radical (unpaired) electrons. The van der Waals surface area contributed by atoms with Gasteiger partial charge in [0.25, 0.3) is 0 Å². The fraction of sp³-hybridized carbons (Fsp3) is 0.107. The molecular formula is C28H25NO. The number of amides is 1. The monoisotopic (exact) mass is 391 g/mol. The van der Waals surface area contributed by atoms with Gasteiger partial charge in [-0.1, -0.05) is 115 Å². The lowest BCUT2D eigenvalue weighted by Gasteiger charge is -2.21. The predicted octanol–water partition coefficient (Wildman–Crippen LogP) is 6.36. The molecule has 0 aliphatic heterocycles. The second-order valence-corrected chi connectivity index (χ2v) is 7.47. The first kappa shape index (κ1) is 19.7. The van der Waals surface area contributed by atoms with Crippen molar-refractivity contribution in [3.8, 4) is 11.1 Å². The molecule has 0 saturated carbocycles. The molecule has 4 aromatic rings. The second kappa shape index (κ2) is 9.23. The minimum Gasteiger partial charge on any atom is -0.349 e. The highest BCUT2D eigenvalue weighted by Gasteiger charge is 2.24. The van der Waals surface area contributed by atoms with E-state index < -0.39 is 0 Å². The van der Waals surface area contributed by atoms with Crippen LogP contribution < -0.4 is 5.32 Å². The van der Waals surface area contributed by atoms with Gasteiger partial charge >= 0.3 is 0 Å². The van der Waals surface area contributed by atoms with E-state index in [2.05, 4.69) is 41.7 Å². The summed E-state index contributed by atoms with van der Waals surface area (Å²) in [4.78, 5) is 13.3. The van der Waals surface area contributed by atoms with E-state index in [4.69, 9.17) is 0 Å². The Morgan fingerprint density at radius 2 is 1.00 bits per heavy atom. The first-order chi connectivity index (χ1) is 14.7. The molecule has 4 rings (SSSR count). The fourth-order valence-corrected chi connectivity index (χ4v) is 3.76. The molecule has 4 aromatic carbocycles. The van der Waals surface area contributed by atoms with Gasteiger partial charge in [0.15, 0.2) is 0 Å². The summed E-state index contributed by atoms with van der Waals surface area (Å²) in [5.41, 5.74) is 5.43. The van der Waals surface area contributed by atoms with Crippen LogP contribution in [0.25, 0.3) is 11.1 Å². The Kier molecular flexibility index (Phi) is 6.05. The lowest BCUT2D eigenvalue weighted by atomic mass is 9.90. The molecule has 0 bridgehead atoms. The summed E-state index contributed by atoms with van der Waals surface area (Å²) in [5, 5.41) is 3.21. The van der Waals surface area contributed by atoms with E-state index in [0.29, 0.717) is 0 Å². The Morgan fingerprint density at radius 1 is 0.567 bits per heavy atom. The second-order valence-electron chi connectivity index (χ2n) is 7.47. The van der Waals surface area contributed by atoms with E-state index in [0.717, 1.165) is 16.7 Å². The Labute approximate surface area is 178 Å². The van der Waals surface area contributed by atoms with Crippen LogP contribution in [-0.2, 0) is 4.79 Å². The Bertz CT molecular complexity index is 1030. The third-order valence-corrected chi connectivity index (χ3v) is 5.40.